The van der Waals surface area contributed by atoms with Crippen molar-refractivity contribution in [3.63, 3.8) is 0 Å². The summed E-state index contributed by atoms with van der Waals surface area (Å²) in [7, 11) is 0. The summed E-state index contributed by atoms with van der Waals surface area (Å²) in [6.45, 7) is 4.38. The molecule has 1 aliphatic rings. The lowest BCUT2D eigenvalue weighted by Crippen LogP contribution is -2.39. The van der Waals surface area contributed by atoms with E-state index in [1.807, 2.05) is 37.3 Å². The van der Waals surface area contributed by atoms with Gasteiger partial charge in [0.15, 0.2) is 0 Å². The molecule has 0 unspecified atom stereocenters. The number of carbonyl (C=O) groups is 1. The maximum absolute atomic E-state index is 12.0. The van der Waals surface area contributed by atoms with Crippen LogP contribution in [0.25, 0.3) is 0 Å². The van der Waals surface area contributed by atoms with Crippen LogP contribution in [0.15, 0.2) is 42.5 Å². The van der Waals surface area contributed by atoms with E-state index in [4.69, 9.17) is 4.74 Å². The number of nitrogens with zero attached hydrogens (tertiary/aromatic N) is 1. The number of aliphatic hydroxyl groups excluding tert-OH is 1. The molecule has 2 rings (SSSR count). The molecule has 108 valence electrons. The maximum Gasteiger partial charge on any atom is 0.246 e. The summed E-state index contributed by atoms with van der Waals surface area (Å²) in [4.78, 5) is 13.7. The molecule has 1 heterocycles. The second-order valence-electron chi connectivity index (χ2n) is 5.01. The first-order valence-corrected chi connectivity index (χ1v) is 6.96. The molecule has 1 aliphatic heterocycles. The van der Waals surface area contributed by atoms with Crippen molar-refractivity contribution in [2.75, 3.05) is 26.3 Å². The molecule has 1 aromatic rings. The minimum Gasteiger partial charge on any atom is -0.388 e. The smallest absolute Gasteiger partial charge is 0.246 e. The molecular weight excluding hydrogens is 254 g/mol. The lowest BCUT2D eigenvalue weighted by molar-refractivity contribution is -0.130. The fourth-order valence-corrected chi connectivity index (χ4v) is 2.18. The van der Waals surface area contributed by atoms with E-state index in [1.165, 1.54) is 0 Å². The van der Waals surface area contributed by atoms with Crippen LogP contribution in [0.5, 0.6) is 0 Å². The van der Waals surface area contributed by atoms with Crippen molar-refractivity contribution in [2.45, 2.75) is 13.0 Å². The van der Waals surface area contributed by atoms with E-state index in [2.05, 4.69) is 0 Å². The average molecular weight is 275 g/mol. The van der Waals surface area contributed by atoms with E-state index in [-0.39, 0.29) is 11.8 Å². The molecular formula is C16H21NO3. The zero-order chi connectivity index (χ0) is 14.4. The van der Waals surface area contributed by atoms with Gasteiger partial charge in [0.05, 0.1) is 19.3 Å². The molecule has 0 aromatic heterocycles. The third-order valence-corrected chi connectivity index (χ3v) is 3.50. The van der Waals surface area contributed by atoms with Crippen LogP contribution in [0.1, 0.15) is 18.6 Å². The van der Waals surface area contributed by atoms with Crippen LogP contribution >= 0.6 is 0 Å². The van der Waals surface area contributed by atoms with Gasteiger partial charge in [-0.3, -0.25) is 4.79 Å². The summed E-state index contributed by atoms with van der Waals surface area (Å²) in [6, 6.07) is 9.48. The van der Waals surface area contributed by atoms with E-state index < -0.39 is 6.10 Å². The summed E-state index contributed by atoms with van der Waals surface area (Å²) in [5, 5.41) is 10.2. The van der Waals surface area contributed by atoms with Gasteiger partial charge >= 0.3 is 0 Å². The quantitative estimate of drug-likeness (QED) is 0.852. The zero-order valence-electron chi connectivity index (χ0n) is 11.7. The number of hydrogen-bond acceptors (Lipinski definition) is 3. The van der Waals surface area contributed by atoms with Crippen LogP contribution < -0.4 is 0 Å². The Morgan fingerprint density at radius 2 is 1.95 bits per heavy atom. The highest BCUT2D eigenvalue weighted by molar-refractivity contribution is 5.87. The van der Waals surface area contributed by atoms with Crippen molar-refractivity contribution < 1.29 is 14.6 Å². The van der Waals surface area contributed by atoms with Gasteiger partial charge in [0.1, 0.15) is 0 Å². The van der Waals surface area contributed by atoms with Gasteiger partial charge in [-0.1, -0.05) is 43.3 Å². The highest BCUT2D eigenvalue weighted by Gasteiger charge is 2.16. The average Bonchev–Trinajstić information content (AvgIpc) is 2.53. The molecule has 2 atom stereocenters. The minimum absolute atomic E-state index is 0.0135. The summed E-state index contributed by atoms with van der Waals surface area (Å²) in [5.74, 6) is -0.122. The fraction of sp³-hybridized carbons (Fsp3) is 0.438. The van der Waals surface area contributed by atoms with Gasteiger partial charge in [-0.2, -0.15) is 0 Å². The van der Waals surface area contributed by atoms with E-state index >= 15 is 0 Å². The minimum atomic E-state index is -0.593. The zero-order valence-corrected chi connectivity index (χ0v) is 11.7. The first-order valence-electron chi connectivity index (χ1n) is 6.96. The third kappa shape index (κ3) is 3.92. The van der Waals surface area contributed by atoms with Crippen molar-refractivity contribution in [1.29, 1.82) is 0 Å². The first-order chi connectivity index (χ1) is 9.68. The first kappa shape index (κ1) is 14.8. The molecule has 1 fully saturated rings. The molecule has 0 spiro atoms. The topological polar surface area (TPSA) is 49.8 Å². The number of morpholine rings is 1. The molecule has 1 amide bonds. The van der Waals surface area contributed by atoms with Crippen molar-refractivity contribution in [3.05, 3.63) is 48.0 Å². The second kappa shape index (κ2) is 7.22. The lowest BCUT2D eigenvalue weighted by Gasteiger charge is -2.25. The van der Waals surface area contributed by atoms with Gasteiger partial charge in [0.2, 0.25) is 5.91 Å². The maximum atomic E-state index is 12.0. The fourth-order valence-electron chi connectivity index (χ4n) is 2.18. The van der Waals surface area contributed by atoms with E-state index in [0.29, 0.717) is 26.3 Å². The summed E-state index contributed by atoms with van der Waals surface area (Å²) < 4.78 is 5.21. The number of rotatable bonds is 4. The Balaban J connectivity index is 1.91. The molecule has 1 N–H and O–H groups in total. The van der Waals surface area contributed by atoms with Crippen LogP contribution in [-0.2, 0) is 9.53 Å². The van der Waals surface area contributed by atoms with Crippen LogP contribution in [0, 0.1) is 5.92 Å². The Morgan fingerprint density at radius 3 is 2.60 bits per heavy atom. The van der Waals surface area contributed by atoms with E-state index in [1.54, 1.807) is 17.1 Å². The van der Waals surface area contributed by atoms with Gasteiger partial charge < -0.3 is 14.7 Å². The molecule has 1 aromatic carbocycles. The number of aliphatic hydroxyl groups is 1. The van der Waals surface area contributed by atoms with E-state index in [0.717, 1.165) is 5.56 Å². The molecule has 20 heavy (non-hydrogen) atoms. The Kier molecular flexibility index (Phi) is 5.32. The number of ether oxygens (including phenoxy) is 1. The van der Waals surface area contributed by atoms with Crippen LogP contribution in [0.4, 0.5) is 0 Å². The lowest BCUT2D eigenvalue weighted by atomic mass is 9.97. The van der Waals surface area contributed by atoms with Crippen molar-refractivity contribution >= 4 is 5.91 Å². The number of amides is 1. The Labute approximate surface area is 119 Å². The highest BCUT2D eigenvalue weighted by atomic mass is 16.5. The molecule has 0 radical (unpaired) electrons. The number of hydrogen-bond donors (Lipinski definition) is 1. The summed E-state index contributed by atoms with van der Waals surface area (Å²) in [5.41, 5.74) is 0.864. The molecule has 0 saturated carbocycles. The van der Waals surface area contributed by atoms with E-state index in [9.17, 15) is 9.90 Å². The summed E-state index contributed by atoms with van der Waals surface area (Å²) >= 11 is 0. The molecule has 4 heteroatoms. The molecule has 4 nitrogen and oxygen atoms in total. The van der Waals surface area contributed by atoms with Gasteiger partial charge in [-0.05, 0) is 11.6 Å². The Hall–Kier alpha value is -1.65. The molecule has 0 aliphatic carbocycles. The standard InChI is InChI=1S/C16H21NO3/c1-13(16(19)14-5-3-2-4-6-14)7-8-15(18)17-9-11-20-12-10-17/h2-8,13,16,19H,9-12H2,1H3/b8-7+/t13-,16-/m1/s1. The predicted molar refractivity (Wildman–Crippen MR) is 77.1 cm³/mol. The number of carbonyl (C=O) groups excluding carboxylic acids is 1. The largest absolute Gasteiger partial charge is 0.388 e. The van der Waals surface area contributed by atoms with Crippen molar-refractivity contribution in [1.82, 2.24) is 4.90 Å². The normalized spacial score (nSPS) is 19.0. The van der Waals surface area contributed by atoms with Gasteiger partial charge in [-0.15, -0.1) is 0 Å². The highest BCUT2D eigenvalue weighted by Crippen LogP contribution is 2.22. The SMILES string of the molecule is C[C@H](/C=C/C(=O)N1CCOCC1)[C@@H](O)c1ccccc1. The number of benzene rings is 1. The second-order valence-corrected chi connectivity index (χ2v) is 5.01. The molecule has 1 saturated heterocycles. The van der Waals surface area contributed by atoms with Crippen molar-refractivity contribution in [3.8, 4) is 0 Å². The van der Waals surface area contributed by atoms with Gasteiger partial charge in [0.25, 0.3) is 0 Å². The summed E-state index contributed by atoms with van der Waals surface area (Å²) in [6.07, 6.45) is 2.74. The van der Waals surface area contributed by atoms with Crippen molar-refractivity contribution in [2.24, 2.45) is 5.92 Å². The Bertz CT molecular complexity index is 452. The van der Waals surface area contributed by atoms with Crippen LogP contribution in [0.2, 0.25) is 0 Å². The predicted octanol–water partition coefficient (Wildman–Crippen LogP) is 1.77. The van der Waals surface area contributed by atoms with Crippen LogP contribution in [-0.4, -0.2) is 42.2 Å². The third-order valence-electron chi connectivity index (χ3n) is 3.50. The monoisotopic (exact) mass is 275 g/mol. The Morgan fingerprint density at radius 1 is 1.30 bits per heavy atom. The van der Waals surface area contributed by atoms with Gasteiger partial charge in [-0.25, -0.2) is 0 Å². The van der Waals surface area contributed by atoms with Gasteiger partial charge in [0, 0.05) is 19.0 Å². The molecule has 0 bridgehead atoms. The van der Waals surface area contributed by atoms with Crippen LogP contribution in [0.3, 0.4) is 0 Å².